The summed E-state index contributed by atoms with van der Waals surface area (Å²) in [6, 6.07) is 21.5. The highest BCUT2D eigenvalue weighted by Crippen LogP contribution is 2.40. The first-order valence-electron chi connectivity index (χ1n) is 11.7. The van der Waals surface area contributed by atoms with Gasteiger partial charge in [-0.2, -0.15) is 0 Å². The lowest BCUT2D eigenvalue weighted by Crippen LogP contribution is -2.31. The molecule has 176 valence electrons. The maximum Gasteiger partial charge on any atom is 0.255 e. The van der Waals surface area contributed by atoms with Crippen molar-refractivity contribution in [3.05, 3.63) is 95.6 Å². The minimum Gasteiger partial charge on any atom is -0.457 e. The topological polar surface area (TPSA) is 75.7 Å². The average molecular weight is 467 g/mol. The van der Waals surface area contributed by atoms with Crippen LogP contribution in [0.1, 0.15) is 35.7 Å². The number of carbonyl (C=O) groups is 3. The molecule has 5 rings (SSSR count). The normalized spacial score (nSPS) is 19.3. The molecule has 3 aromatic carbocycles. The summed E-state index contributed by atoms with van der Waals surface area (Å²) in [6.45, 7) is 3.97. The van der Waals surface area contributed by atoms with E-state index in [1.807, 2.05) is 44.2 Å². The molecule has 35 heavy (non-hydrogen) atoms. The number of carbonyl (C=O) groups excluding carboxylic acids is 3. The molecule has 2 aliphatic rings. The van der Waals surface area contributed by atoms with Gasteiger partial charge in [0.15, 0.2) is 0 Å². The van der Waals surface area contributed by atoms with Crippen molar-refractivity contribution in [3.8, 4) is 11.5 Å². The van der Waals surface area contributed by atoms with Crippen LogP contribution >= 0.6 is 0 Å². The zero-order valence-electron chi connectivity index (χ0n) is 19.7. The maximum atomic E-state index is 13.0. The minimum absolute atomic E-state index is 0.186. The Morgan fingerprint density at radius 3 is 2.43 bits per heavy atom. The molecule has 6 heteroatoms. The number of nitrogens with one attached hydrogen (secondary N) is 1. The SMILES string of the molecule is CC1=CC[C@H]2C(=O)N(c3cccc(C(=O)Nc4ccc(Oc5ccccc5C)cc4)c3)C(=O)[C@H]2C1. The zero-order chi connectivity index (χ0) is 24.5. The molecule has 0 saturated carbocycles. The predicted octanol–water partition coefficient (Wildman–Crippen LogP) is 5.89. The number of amides is 3. The fourth-order valence-electron chi connectivity index (χ4n) is 4.69. The number of benzene rings is 3. The number of hydrogen-bond donors (Lipinski definition) is 1. The van der Waals surface area contributed by atoms with Crippen molar-refractivity contribution in [2.75, 3.05) is 10.2 Å². The van der Waals surface area contributed by atoms with Crippen LogP contribution in [0.15, 0.2) is 84.4 Å². The van der Waals surface area contributed by atoms with Gasteiger partial charge in [-0.05, 0) is 80.8 Å². The summed E-state index contributed by atoms with van der Waals surface area (Å²) in [5.74, 6) is 0.108. The summed E-state index contributed by atoms with van der Waals surface area (Å²) in [5, 5.41) is 2.87. The van der Waals surface area contributed by atoms with Gasteiger partial charge in [-0.3, -0.25) is 19.3 Å². The van der Waals surface area contributed by atoms with Crippen molar-refractivity contribution in [1.82, 2.24) is 0 Å². The Bertz CT molecular complexity index is 1340. The second-order valence-electron chi connectivity index (χ2n) is 9.11. The number of allylic oxidation sites excluding steroid dienone is 2. The predicted molar refractivity (Wildman–Crippen MR) is 135 cm³/mol. The molecule has 1 saturated heterocycles. The number of para-hydroxylation sites is 1. The molecule has 3 aromatic rings. The Kier molecular flexibility index (Phi) is 5.95. The van der Waals surface area contributed by atoms with E-state index in [2.05, 4.69) is 5.32 Å². The van der Waals surface area contributed by atoms with E-state index >= 15 is 0 Å². The van der Waals surface area contributed by atoms with Gasteiger partial charge < -0.3 is 10.1 Å². The summed E-state index contributed by atoms with van der Waals surface area (Å²) in [7, 11) is 0. The number of nitrogens with zero attached hydrogens (tertiary/aromatic N) is 1. The average Bonchev–Trinajstić information content (AvgIpc) is 3.11. The third-order valence-electron chi connectivity index (χ3n) is 6.62. The number of hydrogen-bond acceptors (Lipinski definition) is 4. The molecule has 3 amide bonds. The molecular formula is C29H26N2O4. The van der Waals surface area contributed by atoms with Crippen LogP contribution in [0, 0.1) is 18.8 Å². The van der Waals surface area contributed by atoms with E-state index in [1.165, 1.54) is 4.90 Å². The molecule has 0 bridgehead atoms. The van der Waals surface area contributed by atoms with Crippen LogP contribution in [-0.2, 0) is 9.59 Å². The van der Waals surface area contributed by atoms with Crippen molar-refractivity contribution in [1.29, 1.82) is 0 Å². The molecule has 1 heterocycles. The number of ether oxygens (including phenoxy) is 1. The molecule has 1 aliphatic carbocycles. The van der Waals surface area contributed by atoms with Gasteiger partial charge in [-0.25, -0.2) is 0 Å². The molecule has 1 aliphatic heterocycles. The van der Waals surface area contributed by atoms with E-state index in [-0.39, 0.29) is 29.6 Å². The highest BCUT2D eigenvalue weighted by atomic mass is 16.5. The minimum atomic E-state index is -0.326. The Balaban J connectivity index is 1.29. The van der Waals surface area contributed by atoms with Crippen molar-refractivity contribution in [2.24, 2.45) is 11.8 Å². The van der Waals surface area contributed by atoms with Crippen molar-refractivity contribution >= 4 is 29.1 Å². The second kappa shape index (κ2) is 9.22. The van der Waals surface area contributed by atoms with E-state index in [9.17, 15) is 14.4 Å². The molecule has 2 atom stereocenters. The van der Waals surface area contributed by atoms with Crippen LogP contribution in [0.3, 0.4) is 0 Å². The lowest BCUT2D eigenvalue weighted by atomic mass is 9.82. The summed E-state index contributed by atoms with van der Waals surface area (Å²) < 4.78 is 5.91. The fourth-order valence-corrected chi connectivity index (χ4v) is 4.69. The van der Waals surface area contributed by atoms with Crippen LogP contribution in [0.25, 0.3) is 0 Å². The van der Waals surface area contributed by atoms with E-state index in [0.717, 1.165) is 16.9 Å². The first-order valence-corrected chi connectivity index (χ1v) is 11.7. The Morgan fingerprint density at radius 2 is 1.66 bits per heavy atom. The van der Waals surface area contributed by atoms with Crippen molar-refractivity contribution < 1.29 is 19.1 Å². The van der Waals surface area contributed by atoms with Crippen LogP contribution < -0.4 is 15.0 Å². The molecule has 6 nitrogen and oxygen atoms in total. The maximum absolute atomic E-state index is 13.0. The zero-order valence-corrected chi connectivity index (χ0v) is 19.7. The van der Waals surface area contributed by atoms with Crippen molar-refractivity contribution in [3.63, 3.8) is 0 Å². The fraction of sp³-hybridized carbons (Fsp3) is 0.207. The number of imide groups is 1. The van der Waals surface area contributed by atoms with Gasteiger partial charge in [0.2, 0.25) is 11.8 Å². The van der Waals surface area contributed by atoms with E-state index < -0.39 is 0 Å². The first-order chi connectivity index (χ1) is 16.9. The Labute approximate surface area is 204 Å². The third-order valence-corrected chi connectivity index (χ3v) is 6.62. The molecule has 0 spiro atoms. The van der Waals surface area contributed by atoms with Gasteiger partial charge in [0.25, 0.3) is 5.91 Å². The van der Waals surface area contributed by atoms with Gasteiger partial charge in [0.05, 0.1) is 17.5 Å². The van der Waals surface area contributed by atoms with Gasteiger partial charge >= 0.3 is 0 Å². The molecule has 0 aromatic heterocycles. The van der Waals surface area contributed by atoms with E-state index in [4.69, 9.17) is 4.74 Å². The lowest BCUT2D eigenvalue weighted by Gasteiger charge is -2.18. The highest BCUT2D eigenvalue weighted by molar-refractivity contribution is 6.22. The Hall–Kier alpha value is -4.19. The van der Waals surface area contributed by atoms with Gasteiger partial charge in [-0.1, -0.05) is 35.9 Å². The third kappa shape index (κ3) is 4.47. The summed E-state index contributed by atoms with van der Waals surface area (Å²) in [5.41, 5.74) is 3.58. The van der Waals surface area contributed by atoms with Crippen molar-refractivity contribution in [2.45, 2.75) is 26.7 Å². The Morgan fingerprint density at radius 1 is 0.914 bits per heavy atom. The summed E-state index contributed by atoms with van der Waals surface area (Å²) in [6.07, 6.45) is 3.23. The molecule has 0 radical (unpaired) electrons. The first kappa shape index (κ1) is 22.6. The highest BCUT2D eigenvalue weighted by Gasteiger charge is 2.48. The standard InChI is InChI=1S/C29H26N2O4/c1-18-10-15-24-25(16-18)29(34)31(28(24)33)22-8-5-7-20(17-22)27(32)30-21-11-13-23(14-12-21)35-26-9-4-3-6-19(26)2/h3-14,17,24-25H,15-16H2,1-2H3,(H,30,32)/t24-,25+/m1/s1. The molecule has 1 fully saturated rings. The smallest absolute Gasteiger partial charge is 0.255 e. The summed E-state index contributed by atoms with van der Waals surface area (Å²) in [4.78, 5) is 40.2. The van der Waals surface area contributed by atoms with E-state index in [0.29, 0.717) is 35.5 Å². The molecule has 0 unspecified atom stereocenters. The number of fused-ring (bicyclic) bond motifs is 1. The van der Waals surface area contributed by atoms with Gasteiger partial charge in [0.1, 0.15) is 11.5 Å². The van der Waals surface area contributed by atoms with Gasteiger partial charge in [-0.15, -0.1) is 0 Å². The van der Waals surface area contributed by atoms with Crippen LogP contribution in [0.2, 0.25) is 0 Å². The van der Waals surface area contributed by atoms with Crippen LogP contribution in [0.5, 0.6) is 11.5 Å². The van der Waals surface area contributed by atoms with Gasteiger partial charge in [0, 0.05) is 11.3 Å². The molecular weight excluding hydrogens is 440 g/mol. The molecule has 1 N–H and O–H groups in total. The largest absolute Gasteiger partial charge is 0.457 e. The van der Waals surface area contributed by atoms with Crippen LogP contribution in [0.4, 0.5) is 11.4 Å². The lowest BCUT2D eigenvalue weighted by molar-refractivity contribution is -0.122. The number of aryl methyl sites for hydroxylation is 1. The summed E-state index contributed by atoms with van der Waals surface area (Å²) >= 11 is 0. The monoisotopic (exact) mass is 466 g/mol. The quantitative estimate of drug-likeness (QED) is 0.376. The number of anilines is 2. The second-order valence-corrected chi connectivity index (χ2v) is 9.11. The van der Waals surface area contributed by atoms with E-state index in [1.54, 1.807) is 48.5 Å². The van der Waals surface area contributed by atoms with Crippen LogP contribution in [-0.4, -0.2) is 17.7 Å². The number of rotatable bonds is 5.